The van der Waals surface area contributed by atoms with E-state index in [1.54, 1.807) is 0 Å². The lowest BCUT2D eigenvalue weighted by Crippen LogP contribution is -2.33. The number of halogens is 1. The number of aliphatic hydroxyl groups excluding tert-OH is 2. The lowest BCUT2D eigenvalue weighted by atomic mass is 10.2. The Kier molecular flexibility index (Phi) is 14.5. The fourth-order valence-corrected chi connectivity index (χ4v) is 0.733. The summed E-state index contributed by atoms with van der Waals surface area (Å²) in [7, 11) is 0. The maximum atomic E-state index is 10.9. The van der Waals surface area contributed by atoms with E-state index in [0.717, 1.165) is 0 Å². The molecule has 0 amide bonds. The van der Waals surface area contributed by atoms with Gasteiger partial charge < -0.3 is 25.2 Å². The van der Waals surface area contributed by atoms with Gasteiger partial charge in [0.05, 0.1) is 12.8 Å². The van der Waals surface area contributed by atoms with E-state index in [-0.39, 0.29) is 12.4 Å². The number of allylic oxidation sites excluding steroid dienone is 1. The Hall–Kier alpha value is -1.97. The standard InChI is InChI=1S/C8H10O9.C4H8.ClH/c9-3(1-5(11)12)7(15)17-8(16)4(10)2-6(13)14;1-4(2)3;/h3-4,9-10H,1-2H2,(H,11,12)(H,13,14);1H2,2-3H3;1H. The first-order chi connectivity index (χ1) is 9.47. The number of hydrogen-bond acceptors (Lipinski definition) is 7. The average Bonchev–Trinajstić information content (AvgIpc) is 2.25. The molecule has 0 aliphatic heterocycles. The first kappa shape index (κ1) is 25.0. The van der Waals surface area contributed by atoms with Crippen LogP contribution in [0.3, 0.4) is 0 Å². The molecule has 0 aromatic rings. The van der Waals surface area contributed by atoms with Gasteiger partial charge in [-0.1, -0.05) is 5.57 Å². The Labute approximate surface area is 132 Å². The Balaban J connectivity index is -0.000000640. The molecule has 0 aromatic heterocycles. The van der Waals surface area contributed by atoms with Crippen LogP contribution < -0.4 is 0 Å². The van der Waals surface area contributed by atoms with Crippen LogP contribution in [0.1, 0.15) is 26.7 Å². The highest BCUT2D eigenvalue weighted by molar-refractivity contribution is 5.92. The van der Waals surface area contributed by atoms with Crippen LogP contribution in [0.2, 0.25) is 0 Å². The number of rotatable bonds is 6. The van der Waals surface area contributed by atoms with E-state index >= 15 is 0 Å². The third-order valence-electron chi connectivity index (χ3n) is 1.48. The second-order valence-electron chi connectivity index (χ2n) is 4.17. The zero-order valence-corrected chi connectivity index (χ0v) is 12.8. The molecule has 22 heavy (non-hydrogen) atoms. The molecular weight excluding hydrogens is 324 g/mol. The van der Waals surface area contributed by atoms with Crippen LogP contribution in [0, 0.1) is 0 Å². The lowest BCUT2D eigenvalue weighted by molar-refractivity contribution is -0.174. The summed E-state index contributed by atoms with van der Waals surface area (Å²) in [6.45, 7) is 7.50. The highest BCUT2D eigenvalue weighted by Crippen LogP contribution is 2.00. The third-order valence-corrected chi connectivity index (χ3v) is 1.48. The summed E-state index contributed by atoms with van der Waals surface area (Å²) < 4.78 is 3.87. The van der Waals surface area contributed by atoms with E-state index in [0.29, 0.717) is 0 Å². The molecule has 0 aliphatic rings. The van der Waals surface area contributed by atoms with Crippen LogP contribution in [0.15, 0.2) is 12.2 Å². The van der Waals surface area contributed by atoms with Crippen molar-refractivity contribution in [3.8, 4) is 0 Å². The van der Waals surface area contributed by atoms with Crippen molar-refractivity contribution in [2.45, 2.75) is 38.9 Å². The fourth-order valence-electron chi connectivity index (χ4n) is 0.733. The molecule has 0 heterocycles. The predicted octanol–water partition coefficient (Wildman–Crippen LogP) is -0.268. The second kappa shape index (κ2) is 12.7. The second-order valence-corrected chi connectivity index (χ2v) is 4.17. The van der Waals surface area contributed by atoms with Crippen molar-refractivity contribution in [2.24, 2.45) is 0 Å². The number of aliphatic hydroxyl groups is 2. The van der Waals surface area contributed by atoms with Crippen LogP contribution in [-0.4, -0.2) is 56.5 Å². The fraction of sp³-hybridized carbons (Fsp3) is 0.500. The van der Waals surface area contributed by atoms with Crippen LogP contribution in [0.4, 0.5) is 0 Å². The summed E-state index contributed by atoms with van der Waals surface area (Å²) in [5.41, 5.74) is 1.17. The Morgan fingerprint density at radius 3 is 1.32 bits per heavy atom. The summed E-state index contributed by atoms with van der Waals surface area (Å²) in [6.07, 6.45) is -6.07. The van der Waals surface area contributed by atoms with Crippen molar-refractivity contribution in [3.63, 3.8) is 0 Å². The number of ether oxygens (including phenoxy) is 1. The molecule has 0 aliphatic carbocycles. The largest absolute Gasteiger partial charge is 0.481 e. The minimum Gasteiger partial charge on any atom is -0.481 e. The van der Waals surface area contributed by atoms with E-state index in [9.17, 15) is 19.2 Å². The summed E-state index contributed by atoms with van der Waals surface area (Å²) in [6, 6.07) is 0. The van der Waals surface area contributed by atoms with Crippen molar-refractivity contribution in [1.82, 2.24) is 0 Å². The molecule has 9 nitrogen and oxygen atoms in total. The predicted molar refractivity (Wildman–Crippen MR) is 75.4 cm³/mol. The highest BCUT2D eigenvalue weighted by atomic mass is 35.5. The van der Waals surface area contributed by atoms with Gasteiger partial charge in [-0.2, -0.15) is 0 Å². The normalized spacial score (nSPS) is 11.6. The van der Waals surface area contributed by atoms with Crippen LogP contribution >= 0.6 is 12.4 Å². The molecule has 0 fully saturated rings. The van der Waals surface area contributed by atoms with Gasteiger partial charge in [0.2, 0.25) is 0 Å². The quantitative estimate of drug-likeness (QED) is 0.289. The van der Waals surface area contributed by atoms with Gasteiger partial charge in [0, 0.05) is 0 Å². The number of carboxylic acids is 2. The van der Waals surface area contributed by atoms with Gasteiger partial charge in [-0.25, -0.2) is 9.59 Å². The van der Waals surface area contributed by atoms with Crippen molar-refractivity contribution in [2.75, 3.05) is 0 Å². The van der Waals surface area contributed by atoms with Crippen LogP contribution in [-0.2, 0) is 23.9 Å². The monoisotopic (exact) mass is 342 g/mol. The molecule has 4 N–H and O–H groups in total. The molecule has 2 unspecified atom stereocenters. The maximum absolute atomic E-state index is 10.9. The molecule has 0 bridgehead atoms. The van der Waals surface area contributed by atoms with Gasteiger partial charge in [-0.05, 0) is 13.8 Å². The molecule has 128 valence electrons. The maximum Gasteiger partial charge on any atom is 0.343 e. The minimum atomic E-state index is -2.06. The van der Waals surface area contributed by atoms with E-state index in [1.807, 2.05) is 13.8 Å². The Morgan fingerprint density at radius 1 is 0.909 bits per heavy atom. The summed E-state index contributed by atoms with van der Waals surface area (Å²) >= 11 is 0. The van der Waals surface area contributed by atoms with Crippen LogP contribution in [0.5, 0.6) is 0 Å². The number of carbonyl (C=O) groups excluding carboxylic acids is 2. The molecule has 0 saturated heterocycles. The molecule has 2 atom stereocenters. The van der Waals surface area contributed by atoms with Gasteiger partial charge in [0.15, 0.2) is 12.2 Å². The first-order valence-corrected chi connectivity index (χ1v) is 5.64. The van der Waals surface area contributed by atoms with Crippen molar-refractivity contribution < 1.29 is 44.3 Å². The molecule has 10 heteroatoms. The smallest absolute Gasteiger partial charge is 0.343 e. The molecule has 0 spiro atoms. The first-order valence-electron chi connectivity index (χ1n) is 5.64. The molecule has 0 aromatic carbocycles. The van der Waals surface area contributed by atoms with Crippen molar-refractivity contribution in [3.05, 3.63) is 12.2 Å². The number of carboxylic acid groups (broad SMARTS) is 2. The Morgan fingerprint density at radius 2 is 1.14 bits per heavy atom. The van der Waals surface area contributed by atoms with E-state index in [1.165, 1.54) is 5.57 Å². The van der Waals surface area contributed by atoms with Crippen molar-refractivity contribution in [1.29, 1.82) is 0 Å². The third kappa shape index (κ3) is 16.1. The number of hydrogen-bond donors (Lipinski definition) is 4. The SMILES string of the molecule is C=C(C)C.Cl.O=C(O)CC(O)C(=O)OC(=O)C(O)CC(=O)O. The van der Waals surface area contributed by atoms with Crippen LogP contribution in [0.25, 0.3) is 0 Å². The number of esters is 2. The van der Waals surface area contributed by atoms with Gasteiger partial charge in [0.1, 0.15) is 0 Å². The Bertz CT molecular complexity index is 383. The summed E-state index contributed by atoms with van der Waals surface area (Å²) in [5.74, 6) is -6.12. The molecule has 0 saturated carbocycles. The zero-order valence-electron chi connectivity index (χ0n) is 12.0. The summed E-state index contributed by atoms with van der Waals surface area (Å²) in [4.78, 5) is 41.9. The van der Waals surface area contributed by atoms with E-state index in [4.69, 9.17) is 20.4 Å². The topological polar surface area (TPSA) is 158 Å². The van der Waals surface area contributed by atoms with Gasteiger partial charge >= 0.3 is 23.9 Å². The average molecular weight is 343 g/mol. The van der Waals surface area contributed by atoms with E-state index < -0.39 is 48.9 Å². The van der Waals surface area contributed by atoms with E-state index in [2.05, 4.69) is 11.3 Å². The van der Waals surface area contributed by atoms with Crippen molar-refractivity contribution >= 4 is 36.3 Å². The molecular formula is C12H19ClO9. The highest BCUT2D eigenvalue weighted by Gasteiger charge is 2.27. The lowest BCUT2D eigenvalue weighted by Gasteiger charge is -2.09. The zero-order chi connectivity index (χ0) is 17.2. The molecule has 0 radical (unpaired) electrons. The number of carbonyl (C=O) groups is 4. The van der Waals surface area contributed by atoms with Gasteiger partial charge in [-0.3, -0.25) is 9.59 Å². The molecule has 0 rings (SSSR count). The summed E-state index contributed by atoms with van der Waals surface area (Å²) in [5, 5.41) is 34.2. The van der Waals surface area contributed by atoms with Gasteiger partial charge in [0.25, 0.3) is 0 Å². The van der Waals surface area contributed by atoms with Gasteiger partial charge in [-0.15, -0.1) is 19.0 Å². The minimum absolute atomic E-state index is 0. The number of aliphatic carboxylic acids is 2.